The Kier molecular flexibility index (Phi) is 10.1. The van der Waals surface area contributed by atoms with E-state index in [4.69, 9.17) is 0 Å². The van der Waals surface area contributed by atoms with Crippen LogP contribution in [0.1, 0.15) is 78.1 Å². The summed E-state index contributed by atoms with van der Waals surface area (Å²) in [5.41, 5.74) is 20.0. The summed E-state index contributed by atoms with van der Waals surface area (Å²) in [5.74, 6) is 0.846. The Morgan fingerprint density at radius 1 is 0.576 bits per heavy atom. The number of hydrogen-bond donors (Lipinski definition) is 5. The van der Waals surface area contributed by atoms with Gasteiger partial charge in [-0.15, -0.1) is 11.8 Å². The summed E-state index contributed by atoms with van der Waals surface area (Å²) in [6.07, 6.45) is 4.79. The summed E-state index contributed by atoms with van der Waals surface area (Å²) < 4.78 is 4.68. The quantitative estimate of drug-likeness (QED) is 0.0863. The van der Waals surface area contributed by atoms with Crippen molar-refractivity contribution in [1.29, 1.82) is 0 Å². The molecule has 0 spiro atoms. The van der Waals surface area contributed by atoms with Crippen LogP contribution in [0.5, 0.6) is 0 Å². The van der Waals surface area contributed by atoms with E-state index in [0.29, 0.717) is 32.5 Å². The summed E-state index contributed by atoms with van der Waals surface area (Å²) in [7, 11) is 0. The number of nitrogens with zero attached hydrogens (tertiary/aromatic N) is 3. The zero-order valence-corrected chi connectivity index (χ0v) is 37.1. The average molecular weight is 890 g/mol. The molecule has 66 heavy (non-hydrogen) atoms. The Balaban J connectivity index is 0.000000141. The third-order valence-corrected chi connectivity index (χ3v) is 15.1. The number of aliphatic hydroxyl groups is 3. The number of benzene rings is 6. The van der Waals surface area contributed by atoms with E-state index in [1.54, 1.807) is 11.8 Å². The lowest BCUT2D eigenvalue weighted by atomic mass is 9.92. The molecule has 5 N–H and O–H groups in total. The second-order valence-electron chi connectivity index (χ2n) is 17.7. The Bertz CT molecular complexity index is 3500. The van der Waals surface area contributed by atoms with Gasteiger partial charge in [-0.25, -0.2) is 4.98 Å². The highest BCUT2D eigenvalue weighted by molar-refractivity contribution is 7.98. The van der Waals surface area contributed by atoms with Gasteiger partial charge in [0.2, 0.25) is 0 Å². The molecule has 0 saturated carbocycles. The second kappa shape index (κ2) is 16.3. The molecular weight excluding hydrogens is 843 g/mol. The molecule has 0 fully saturated rings. The van der Waals surface area contributed by atoms with Crippen LogP contribution in [0.25, 0.3) is 65.9 Å². The molecule has 0 unspecified atom stereocenters. The van der Waals surface area contributed by atoms with E-state index in [2.05, 4.69) is 91.5 Å². The Labute approximate surface area is 384 Å². The van der Waals surface area contributed by atoms with Gasteiger partial charge in [-0.3, -0.25) is 9.59 Å². The molecule has 0 radical (unpaired) electrons. The smallest absolute Gasteiger partial charge is 0.252 e. The molecule has 10 nitrogen and oxygen atoms in total. The zero-order chi connectivity index (χ0) is 44.6. The topological polar surface area (TPSA) is 142 Å². The van der Waals surface area contributed by atoms with Crippen molar-refractivity contribution in [3.05, 3.63) is 165 Å². The first-order valence-electron chi connectivity index (χ1n) is 22.8. The summed E-state index contributed by atoms with van der Waals surface area (Å²) in [5, 5.41) is 40.6. The van der Waals surface area contributed by atoms with Gasteiger partial charge in [0.05, 0.1) is 33.8 Å². The number of carbonyl (C=O) groups is 2. The molecular formula is C55H47N5O5S. The third-order valence-electron chi connectivity index (χ3n) is 14.0. The predicted molar refractivity (Wildman–Crippen MR) is 261 cm³/mol. The lowest BCUT2D eigenvalue weighted by Crippen LogP contribution is -2.13. The van der Waals surface area contributed by atoms with Gasteiger partial charge in [0.25, 0.3) is 11.8 Å². The molecule has 5 heterocycles. The van der Waals surface area contributed by atoms with Gasteiger partial charge >= 0.3 is 0 Å². The first-order chi connectivity index (χ1) is 32.5. The molecule has 4 aliphatic rings. The normalized spacial score (nSPS) is 14.0. The fourth-order valence-electron chi connectivity index (χ4n) is 11.4. The summed E-state index contributed by atoms with van der Waals surface area (Å²) in [6.45, 7) is 2.76. The molecule has 6 aromatic carbocycles. The molecule has 2 aliphatic carbocycles. The van der Waals surface area contributed by atoms with E-state index in [1.165, 1.54) is 49.7 Å². The number of aliphatic hydroxyl groups excluding tert-OH is 3. The number of pyridine rings is 1. The predicted octanol–water partition coefficient (Wildman–Crippen LogP) is 9.16. The molecule has 2 amide bonds. The maximum absolute atomic E-state index is 13.2. The monoisotopic (exact) mass is 889 g/mol. The van der Waals surface area contributed by atoms with Gasteiger partial charge in [0.15, 0.2) is 0 Å². The van der Waals surface area contributed by atoms with Gasteiger partial charge < -0.3 is 35.1 Å². The maximum Gasteiger partial charge on any atom is 0.252 e. The van der Waals surface area contributed by atoms with Gasteiger partial charge in [-0.05, 0) is 105 Å². The largest absolute Gasteiger partial charge is 0.396 e. The zero-order valence-electron chi connectivity index (χ0n) is 36.3. The number of thioether (sulfide) groups is 1. The SMILES string of the molecule is O=C1NCc2c1c1c(c3c2c2cc(CO)ccc2n3CCCO)Cc2ccccc2-1.O=C1NCc2c1c1c(c3c2c2cc(CSc4ccccn4)ccc2n3CCCO)Cc2ccccc2-1. The molecule has 0 saturated heterocycles. The van der Waals surface area contributed by atoms with Crippen LogP contribution >= 0.6 is 11.8 Å². The van der Waals surface area contributed by atoms with Crippen LogP contribution in [-0.2, 0) is 51.4 Å². The van der Waals surface area contributed by atoms with Gasteiger partial charge in [0, 0.05) is 108 Å². The van der Waals surface area contributed by atoms with Crippen LogP contribution in [0, 0.1) is 0 Å². The van der Waals surface area contributed by atoms with E-state index in [0.717, 1.165) is 102 Å². The molecule has 3 aromatic heterocycles. The summed E-state index contributed by atoms with van der Waals surface area (Å²) >= 11 is 1.73. The van der Waals surface area contributed by atoms with Crippen molar-refractivity contribution in [1.82, 2.24) is 24.8 Å². The van der Waals surface area contributed by atoms with E-state index >= 15 is 0 Å². The molecule has 11 heteroatoms. The van der Waals surface area contributed by atoms with Crippen molar-refractivity contribution in [2.75, 3.05) is 13.2 Å². The first-order valence-corrected chi connectivity index (χ1v) is 23.8. The Morgan fingerprint density at radius 2 is 1.09 bits per heavy atom. The molecule has 0 atom stereocenters. The number of nitrogens with one attached hydrogen (secondary N) is 2. The lowest BCUT2D eigenvalue weighted by molar-refractivity contribution is 0.0958. The Hall–Kier alpha value is -6.76. The number of hydrogen-bond acceptors (Lipinski definition) is 7. The van der Waals surface area contributed by atoms with E-state index in [-0.39, 0.29) is 31.6 Å². The highest BCUT2D eigenvalue weighted by Gasteiger charge is 2.37. The van der Waals surface area contributed by atoms with Crippen LogP contribution in [0.15, 0.2) is 114 Å². The standard InChI is InChI=1S/C30H25N3O2S.C25H22N2O3/c34-13-5-12-33-24-10-9-18(17-36-25-8-3-4-11-31-25)14-21(24)27-23-16-32-30(35)28(23)26-20-7-2-1-6-19(20)15-22(26)29(27)33;28-9-3-8-27-20-7-6-14(13-29)10-17(20)22-19-12-26-25(30)23(19)21-16-5-2-1-4-15(16)11-18(21)24(22)27/h1-4,6-11,14,34H,5,12-13,15-17H2,(H,32,35);1-2,4-7,10,28-29H,3,8-9,11-13H2,(H,26,30). The van der Waals surface area contributed by atoms with E-state index in [9.17, 15) is 24.9 Å². The van der Waals surface area contributed by atoms with Crippen LogP contribution in [-0.4, -0.2) is 54.5 Å². The second-order valence-corrected chi connectivity index (χ2v) is 18.7. The number of carbonyl (C=O) groups excluding carboxylic acids is 2. The number of amides is 2. The van der Waals surface area contributed by atoms with Crippen molar-refractivity contribution in [3.63, 3.8) is 0 Å². The van der Waals surface area contributed by atoms with Gasteiger partial charge in [-0.2, -0.15) is 0 Å². The van der Waals surface area contributed by atoms with E-state index < -0.39 is 0 Å². The number of aromatic nitrogens is 3. The number of rotatable bonds is 10. The number of fused-ring (bicyclic) bond motifs is 20. The molecule has 13 rings (SSSR count). The molecule has 9 aromatic rings. The molecule has 0 bridgehead atoms. The third kappa shape index (κ3) is 6.25. The van der Waals surface area contributed by atoms with Crippen molar-refractivity contribution in [3.8, 4) is 22.3 Å². The minimum absolute atomic E-state index is 0.00516. The lowest BCUT2D eigenvalue weighted by Gasteiger charge is -2.13. The molecule has 328 valence electrons. The van der Waals surface area contributed by atoms with Gasteiger partial charge in [-0.1, -0.05) is 66.7 Å². The van der Waals surface area contributed by atoms with Crippen LogP contribution in [0.4, 0.5) is 0 Å². The number of aryl methyl sites for hydroxylation is 2. The van der Waals surface area contributed by atoms with Crippen molar-refractivity contribution in [2.24, 2.45) is 0 Å². The van der Waals surface area contributed by atoms with E-state index in [1.807, 2.05) is 42.6 Å². The summed E-state index contributed by atoms with van der Waals surface area (Å²) in [4.78, 5) is 30.5. The van der Waals surface area contributed by atoms with Crippen molar-refractivity contribution in [2.45, 2.75) is 69.2 Å². The first kappa shape index (κ1) is 40.7. The summed E-state index contributed by atoms with van der Waals surface area (Å²) in [6, 6.07) is 35.6. The van der Waals surface area contributed by atoms with Crippen LogP contribution in [0.2, 0.25) is 0 Å². The molecule has 2 aliphatic heterocycles. The Morgan fingerprint density at radius 3 is 1.61 bits per heavy atom. The highest BCUT2D eigenvalue weighted by atomic mass is 32.2. The highest BCUT2D eigenvalue weighted by Crippen LogP contribution is 2.50. The van der Waals surface area contributed by atoms with Crippen molar-refractivity contribution >= 4 is 67.2 Å². The minimum Gasteiger partial charge on any atom is -0.396 e. The fraction of sp³-hybridized carbons (Fsp3) is 0.218. The van der Waals surface area contributed by atoms with Crippen molar-refractivity contribution < 1.29 is 24.9 Å². The van der Waals surface area contributed by atoms with Crippen LogP contribution < -0.4 is 10.6 Å². The van der Waals surface area contributed by atoms with Gasteiger partial charge in [0.1, 0.15) is 0 Å². The maximum atomic E-state index is 13.2. The van der Waals surface area contributed by atoms with Crippen LogP contribution in [0.3, 0.4) is 0 Å². The average Bonchev–Trinajstić information content (AvgIpc) is 4.21. The minimum atomic E-state index is -0.0188. The fourth-order valence-corrected chi connectivity index (χ4v) is 12.2.